The van der Waals surface area contributed by atoms with Crippen molar-refractivity contribution in [1.29, 1.82) is 0 Å². The van der Waals surface area contributed by atoms with E-state index in [0.717, 1.165) is 6.42 Å². The summed E-state index contributed by atoms with van der Waals surface area (Å²) >= 11 is -2.08. The molecular formula is C29H24Cl2Zr. The maximum Gasteiger partial charge on any atom is -1.00 e. The van der Waals surface area contributed by atoms with Crippen LogP contribution in [0, 0.1) is 0 Å². The van der Waals surface area contributed by atoms with Crippen LogP contribution in [0.25, 0.3) is 22.4 Å². The van der Waals surface area contributed by atoms with E-state index in [1.807, 2.05) is 0 Å². The summed E-state index contributed by atoms with van der Waals surface area (Å²) in [5.74, 6) is 0. The van der Waals surface area contributed by atoms with E-state index in [9.17, 15) is 0 Å². The molecule has 0 radical (unpaired) electrons. The molecule has 1 unspecified atom stereocenters. The van der Waals surface area contributed by atoms with Gasteiger partial charge < -0.3 is 24.8 Å². The van der Waals surface area contributed by atoms with Crippen LogP contribution in [0.3, 0.4) is 0 Å². The third-order valence-electron chi connectivity index (χ3n) is 6.75. The molecule has 0 saturated heterocycles. The van der Waals surface area contributed by atoms with Gasteiger partial charge in [0.1, 0.15) is 0 Å². The van der Waals surface area contributed by atoms with E-state index in [2.05, 4.69) is 105 Å². The van der Waals surface area contributed by atoms with E-state index < -0.39 is 21.3 Å². The Morgan fingerprint density at radius 1 is 0.844 bits per heavy atom. The van der Waals surface area contributed by atoms with Crippen molar-refractivity contribution in [2.75, 3.05) is 0 Å². The minimum atomic E-state index is -2.08. The molecule has 1 atom stereocenters. The first-order chi connectivity index (χ1) is 14.7. The number of hydrogen-bond acceptors (Lipinski definition) is 0. The molecule has 6 rings (SSSR count). The van der Waals surface area contributed by atoms with Crippen LogP contribution in [0.15, 0.2) is 93.8 Å². The van der Waals surface area contributed by atoms with Gasteiger partial charge in [0.2, 0.25) is 0 Å². The minimum Gasteiger partial charge on any atom is -1.00 e. The number of halogens is 2. The summed E-state index contributed by atoms with van der Waals surface area (Å²) in [4.78, 5) is 0. The van der Waals surface area contributed by atoms with Gasteiger partial charge in [0.25, 0.3) is 0 Å². The maximum absolute atomic E-state index is 2.51. The van der Waals surface area contributed by atoms with Crippen molar-refractivity contribution < 1.29 is 46.1 Å². The number of allylic oxidation sites excluding steroid dienone is 7. The van der Waals surface area contributed by atoms with Crippen LogP contribution in [0.5, 0.6) is 0 Å². The Morgan fingerprint density at radius 3 is 2.47 bits per heavy atom. The molecule has 0 heterocycles. The molecule has 3 aromatic carbocycles. The van der Waals surface area contributed by atoms with Crippen LogP contribution in [-0.2, 0) is 27.7 Å². The van der Waals surface area contributed by atoms with Crippen molar-refractivity contribution in [3.8, 4) is 0 Å². The van der Waals surface area contributed by atoms with E-state index in [1.165, 1.54) is 38.6 Å². The topological polar surface area (TPSA) is 0 Å². The summed E-state index contributed by atoms with van der Waals surface area (Å²) in [6, 6.07) is 22.5. The van der Waals surface area contributed by atoms with Gasteiger partial charge in [-0.3, -0.25) is 0 Å². The largest absolute Gasteiger partial charge is 1.00 e. The van der Waals surface area contributed by atoms with E-state index >= 15 is 0 Å². The molecule has 0 aliphatic heterocycles. The van der Waals surface area contributed by atoms with E-state index in [0.29, 0.717) is 3.63 Å². The Kier molecular flexibility index (Phi) is 6.74. The minimum absolute atomic E-state index is 0. The van der Waals surface area contributed by atoms with Crippen LogP contribution < -0.4 is 24.8 Å². The number of fused-ring (bicyclic) bond motifs is 6. The van der Waals surface area contributed by atoms with Gasteiger partial charge in [-0.05, 0) is 0 Å². The second kappa shape index (κ2) is 9.22. The molecule has 0 N–H and O–H groups in total. The Morgan fingerprint density at radius 2 is 1.62 bits per heavy atom. The molecule has 32 heavy (non-hydrogen) atoms. The normalized spacial score (nSPS) is 16.9. The molecule has 3 aliphatic rings. The van der Waals surface area contributed by atoms with E-state index in [1.54, 1.807) is 12.1 Å². The molecule has 0 saturated carbocycles. The second-order valence-corrected chi connectivity index (χ2v) is 16.0. The fourth-order valence-corrected chi connectivity index (χ4v) is 13.2. The van der Waals surface area contributed by atoms with Crippen LogP contribution in [0.1, 0.15) is 39.7 Å². The van der Waals surface area contributed by atoms with Crippen molar-refractivity contribution in [1.82, 2.24) is 0 Å². The standard InChI is InChI=1S/C17H11.C9H7.C3H6.2ClH.Zr/c1-2-6-15-12(4-1)8-10-14-11-9-13-5-3-7-16(13)17(14)15;1-2-5-9-7-3-6-8(9)4-1;1-3-2;;;/h1-4,6-10H,11H2;1-7H;1-2H3;2*1H;/q;;;;;+2/p-2. The van der Waals surface area contributed by atoms with Crippen molar-refractivity contribution >= 4 is 25.6 Å². The summed E-state index contributed by atoms with van der Waals surface area (Å²) in [5, 5.41) is 2.74. The zero-order valence-corrected chi connectivity index (χ0v) is 22.2. The quantitative estimate of drug-likeness (QED) is 0.464. The molecule has 0 nitrogen and oxygen atoms in total. The van der Waals surface area contributed by atoms with Crippen LogP contribution >= 0.6 is 0 Å². The molecule has 0 amide bonds. The Bertz CT molecular complexity index is 1380. The third kappa shape index (κ3) is 3.60. The number of rotatable bonds is 2. The molecule has 0 fully saturated rings. The number of hydrogen-bond donors (Lipinski definition) is 0. The molecule has 3 aromatic rings. The zero-order valence-electron chi connectivity index (χ0n) is 18.2. The first kappa shape index (κ1) is 23.4. The van der Waals surface area contributed by atoms with Gasteiger partial charge >= 0.3 is 187 Å². The SMILES string of the molecule is C[C](C)=[Zr+2]([C]1=CC=C2C1=CCc1ccc3ccccc3c12)[CH]1C=Cc2ccccc21.[Cl-].[Cl-]. The van der Waals surface area contributed by atoms with Gasteiger partial charge in [-0.2, -0.15) is 0 Å². The smallest absolute Gasteiger partial charge is 1.00 e. The summed E-state index contributed by atoms with van der Waals surface area (Å²) in [7, 11) is 0. The van der Waals surface area contributed by atoms with Gasteiger partial charge in [-0.15, -0.1) is 0 Å². The fraction of sp³-hybridized carbons (Fsp3) is 0.138. The summed E-state index contributed by atoms with van der Waals surface area (Å²) in [6.45, 7) is 4.77. The Balaban J connectivity index is 0.00000122. The van der Waals surface area contributed by atoms with Gasteiger partial charge in [0.15, 0.2) is 0 Å². The Hall–Kier alpha value is -1.79. The van der Waals surface area contributed by atoms with Gasteiger partial charge in [0, 0.05) is 0 Å². The monoisotopic (exact) mass is 532 g/mol. The van der Waals surface area contributed by atoms with Gasteiger partial charge in [0.05, 0.1) is 0 Å². The summed E-state index contributed by atoms with van der Waals surface area (Å²) < 4.78 is 3.97. The summed E-state index contributed by atoms with van der Waals surface area (Å²) in [5.41, 5.74) is 8.89. The zero-order chi connectivity index (χ0) is 20.2. The molecule has 0 bridgehead atoms. The molecule has 3 aliphatic carbocycles. The van der Waals surface area contributed by atoms with Crippen LogP contribution in [0.2, 0.25) is 0 Å². The Labute approximate surface area is 210 Å². The van der Waals surface area contributed by atoms with Crippen molar-refractivity contribution in [3.05, 3.63) is 116 Å². The second-order valence-electron chi connectivity index (χ2n) is 8.68. The van der Waals surface area contributed by atoms with Crippen molar-refractivity contribution in [2.24, 2.45) is 0 Å². The average molecular weight is 535 g/mol. The fourth-order valence-electron chi connectivity index (χ4n) is 5.43. The first-order valence-electron chi connectivity index (χ1n) is 10.8. The van der Waals surface area contributed by atoms with Gasteiger partial charge in [-0.25, -0.2) is 0 Å². The third-order valence-corrected chi connectivity index (χ3v) is 14.7. The van der Waals surface area contributed by atoms with Crippen LogP contribution in [-0.4, -0.2) is 3.21 Å². The molecule has 0 spiro atoms. The van der Waals surface area contributed by atoms with Crippen molar-refractivity contribution in [3.63, 3.8) is 0 Å². The maximum atomic E-state index is 2.51. The summed E-state index contributed by atoms with van der Waals surface area (Å²) in [6.07, 6.45) is 13.3. The van der Waals surface area contributed by atoms with Crippen molar-refractivity contribution in [2.45, 2.75) is 23.9 Å². The average Bonchev–Trinajstić information content (AvgIpc) is 3.39. The number of benzene rings is 3. The molecule has 0 aromatic heterocycles. The van der Waals surface area contributed by atoms with Crippen LogP contribution in [0.4, 0.5) is 0 Å². The van der Waals surface area contributed by atoms with E-state index in [-0.39, 0.29) is 24.8 Å². The molecule has 158 valence electrons. The van der Waals surface area contributed by atoms with E-state index in [4.69, 9.17) is 0 Å². The first-order valence-corrected chi connectivity index (χ1v) is 14.7. The predicted molar refractivity (Wildman–Crippen MR) is 126 cm³/mol. The molecular weight excluding hydrogens is 510 g/mol. The predicted octanol–water partition coefficient (Wildman–Crippen LogP) is 1.21. The molecule has 3 heteroatoms. The van der Waals surface area contributed by atoms with Gasteiger partial charge in [-0.1, -0.05) is 0 Å².